The molecule has 0 spiro atoms. The Hall–Kier alpha value is -0.810. The van der Waals surface area contributed by atoms with E-state index in [1.807, 2.05) is 0 Å². The monoisotopic (exact) mass is 280 g/mol. The van der Waals surface area contributed by atoms with Crippen LogP contribution in [-0.4, -0.2) is 26.5 Å². The van der Waals surface area contributed by atoms with Crippen molar-refractivity contribution in [3.63, 3.8) is 0 Å². The first-order chi connectivity index (χ1) is 7.98. The Morgan fingerprint density at radius 1 is 1.41 bits per heavy atom. The Morgan fingerprint density at radius 3 is 2.71 bits per heavy atom. The minimum Gasteiger partial charge on any atom is -0.492 e. The lowest BCUT2D eigenvalue weighted by molar-refractivity contribution is 0.337. The number of benzene rings is 1. The van der Waals surface area contributed by atoms with Crippen LogP contribution in [0, 0.1) is 5.82 Å². The van der Waals surface area contributed by atoms with Crippen LogP contribution >= 0.6 is 11.6 Å². The topological polar surface area (TPSA) is 43.4 Å². The van der Waals surface area contributed by atoms with Gasteiger partial charge < -0.3 is 4.74 Å². The van der Waals surface area contributed by atoms with Crippen molar-refractivity contribution in [3.05, 3.63) is 29.6 Å². The molecule has 0 amide bonds. The van der Waals surface area contributed by atoms with Crippen molar-refractivity contribution in [3.8, 4) is 5.75 Å². The van der Waals surface area contributed by atoms with Crippen molar-refractivity contribution < 1.29 is 17.5 Å². The number of sulfone groups is 1. The molecular formula is C11H14ClFO3S. The van der Waals surface area contributed by atoms with Gasteiger partial charge in [-0.3, -0.25) is 0 Å². The molecule has 0 aromatic heterocycles. The third-order valence-electron chi connectivity index (χ3n) is 2.26. The highest BCUT2D eigenvalue weighted by Gasteiger charge is 2.09. The summed E-state index contributed by atoms with van der Waals surface area (Å²) < 4.78 is 40.6. The van der Waals surface area contributed by atoms with Crippen LogP contribution in [0.15, 0.2) is 18.2 Å². The standard InChI is InChI=1S/C11H14ClFO3S/c1-2-17(14,15)6-5-16-11-4-3-10(13)7-9(11)8-12/h3-4,7H,2,5-6,8H2,1H3. The first kappa shape index (κ1) is 14.3. The van der Waals surface area contributed by atoms with E-state index in [-0.39, 0.29) is 24.0 Å². The molecule has 0 aliphatic carbocycles. The molecule has 0 aliphatic rings. The molecule has 0 atom stereocenters. The van der Waals surface area contributed by atoms with Crippen LogP contribution < -0.4 is 4.74 Å². The molecule has 1 aromatic carbocycles. The molecule has 17 heavy (non-hydrogen) atoms. The normalized spacial score (nSPS) is 11.5. The largest absolute Gasteiger partial charge is 0.492 e. The van der Waals surface area contributed by atoms with E-state index >= 15 is 0 Å². The van der Waals surface area contributed by atoms with Crippen molar-refractivity contribution in [2.24, 2.45) is 0 Å². The van der Waals surface area contributed by atoms with Crippen molar-refractivity contribution in [2.45, 2.75) is 12.8 Å². The fourth-order valence-electron chi connectivity index (χ4n) is 1.22. The number of halogens is 2. The van der Waals surface area contributed by atoms with E-state index in [0.29, 0.717) is 11.3 Å². The second-order valence-electron chi connectivity index (χ2n) is 3.47. The Bertz CT molecular complexity index is 474. The molecule has 0 radical (unpaired) electrons. The number of ether oxygens (including phenoxy) is 1. The molecule has 0 N–H and O–H groups in total. The highest BCUT2D eigenvalue weighted by molar-refractivity contribution is 7.91. The van der Waals surface area contributed by atoms with Gasteiger partial charge in [-0.2, -0.15) is 0 Å². The van der Waals surface area contributed by atoms with E-state index in [0.717, 1.165) is 0 Å². The van der Waals surface area contributed by atoms with Crippen LogP contribution in [-0.2, 0) is 15.7 Å². The smallest absolute Gasteiger partial charge is 0.153 e. The molecule has 0 fully saturated rings. The molecule has 0 bridgehead atoms. The molecule has 1 aromatic rings. The zero-order valence-corrected chi connectivity index (χ0v) is 11.0. The van der Waals surface area contributed by atoms with E-state index in [9.17, 15) is 12.8 Å². The molecule has 1 rings (SSSR count). The molecule has 0 saturated carbocycles. The Kier molecular flexibility index (Phi) is 5.21. The summed E-state index contributed by atoms with van der Waals surface area (Å²) in [6.45, 7) is 1.63. The minimum atomic E-state index is -3.05. The fourth-order valence-corrected chi connectivity index (χ4v) is 2.05. The van der Waals surface area contributed by atoms with E-state index in [2.05, 4.69) is 0 Å². The maximum Gasteiger partial charge on any atom is 0.153 e. The second kappa shape index (κ2) is 6.21. The third kappa shape index (κ3) is 4.52. The van der Waals surface area contributed by atoms with Crippen LogP contribution in [0.3, 0.4) is 0 Å². The van der Waals surface area contributed by atoms with Gasteiger partial charge in [-0.1, -0.05) is 6.92 Å². The highest BCUT2D eigenvalue weighted by Crippen LogP contribution is 2.21. The zero-order chi connectivity index (χ0) is 12.9. The SMILES string of the molecule is CCS(=O)(=O)CCOc1ccc(F)cc1CCl. The van der Waals surface area contributed by atoms with Crippen LogP contribution in [0.2, 0.25) is 0 Å². The molecule has 96 valence electrons. The van der Waals surface area contributed by atoms with Gasteiger partial charge in [0.2, 0.25) is 0 Å². The number of rotatable bonds is 6. The quantitative estimate of drug-likeness (QED) is 0.752. The first-order valence-electron chi connectivity index (χ1n) is 5.16. The summed E-state index contributed by atoms with van der Waals surface area (Å²) in [4.78, 5) is 0. The predicted octanol–water partition coefficient (Wildman–Crippen LogP) is 2.38. The maximum atomic E-state index is 12.9. The van der Waals surface area contributed by atoms with Crippen molar-refractivity contribution >= 4 is 21.4 Å². The lowest BCUT2D eigenvalue weighted by Crippen LogP contribution is -2.16. The lowest BCUT2D eigenvalue weighted by Gasteiger charge is -2.09. The average molecular weight is 281 g/mol. The summed E-state index contributed by atoms with van der Waals surface area (Å²) >= 11 is 5.64. The van der Waals surface area contributed by atoms with Gasteiger partial charge in [-0.15, -0.1) is 11.6 Å². The summed E-state index contributed by atoms with van der Waals surface area (Å²) in [7, 11) is -3.05. The summed E-state index contributed by atoms with van der Waals surface area (Å²) in [5.74, 6) is 0.181. The summed E-state index contributed by atoms with van der Waals surface area (Å²) in [6, 6.07) is 3.97. The van der Waals surface area contributed by atoms with E-state index in [1.165, 1.54) is 18.2 Å². The summed E-state index contributed by atoms with van der Waals surface area (Å²) in [5.41, 5.74) is 0.514. The van der Waals surface area contributed by atoms with Gasteiger partial charge in [-0.25, -0.2) is 12.8 Å². The average Bonchev–Trinajstić information content (AvgIpc) is 2.30. The Morgan fingerprint density at radius 2 is 2.12 bits per heavy atom. The third-order valence-corrected chi connectivity index (χ3v) is 4.21. The van der Waals surface area contributed by atoms with Gasteiger partial charge in [0.15, 0.2) is 9.84 Å². The second-order valence-corrected chi connectivity index (χ2v) is 6.21. The summed E-state index contributed by atoms with van der Waals surface area (Å²) in [6.07, 6.45) is 0. The lowest BCUT2D eigenvalue weighted by atomic mass is 10.2. The molecular weight excluding hydrogens is 267 g/mol. The van der Waals surface area contributed by atoms with Crippen LogP contribution in [0.5, 0.6) is 5.75 Å². The van der Waals surface area contributed by atoms with Crippen molar-refractivity contribution in [1.82, 2.24) is 0 Å². The fraction of sp³-hybridized carbons (Fsp3) is 0.455. The Labute approximate surface area is 105 Å². The molecule has 0 saturated heterocycles. The number of alkyl halides is 1. The zero-order valence-electron chi connectivity index (χ0n) is 9.45. The first-order valence-corrected chi connectivity index (χ1v) is 7.51. The van der Waals surface area contributed by atoms with Gasteiger partial charge in [0.1, 0.15) is 18.2 Å². The van der Waals surface area contributed by atoms with E-state index < -0.39 is 15.7 Å². The van der Waals surface area contributed by atoms with Crippen LogP contribution in [0.1, 0.15) is 12.5 Å². The van der Waals surface area contributed by atoms with Gasteiger partial charge in [0.05, 0.1) is 11.6 Å². The number of hydrogen-bond donors (Lipinski definition) is 0. The van der Waals surface area contributed by atoms with Gasteiger partial charge in [0, 0.05) is 11.3 Å². The maximum absolute atomic E-state index is 12.9. The Balaban J connectivity index is 2.64. The molecule has 3 nitrogen and oxygen atoms in total. The highest BCUT2D eigenvalue weighted by atomic mass is 35.5. The minimum absolute atomic E-state index is 0.0473. The molecule has 0 unspecified atom stereocenters. The molecule has 0 heterocycles. The van der Waals surface area contributed by atoms with E-state index in [4.69, 9.17) is 16.3 Å². The summed E-state index contributed by atoms with van der Waals surface area (Å²) in [5, 5.41) is 0. The molecule has 6 heteroatoms. The number of hydrogen-bond acceptors (Lipinski definition) is 3. The van der Waals surface area contributed by atoms with Crippen LogP contribution in [0.4, 0.5) is 4.39 Å². The van der Waals surface area contributed by atoms with Gasteiger partial charge in [0.25, 0.3) is 0 Å². The van der Waals surface area contributed by atoms with Gasteiger partial charge in [-0.05, 0) is 18.2 Å². The van der Waals surface area contributed by atoms with Crippen molar-refractivity contribution in [2.75, 3.05) is 18.1 Å². The van der Waals surface area contributed by atoms with Gasteiger partial charge >= 0.3 is 0 Å². The predicted molar refractivity (Wildman–Crippen MR) is 65.8 cm³/mol. The van der Waals surface area contributed by atoms with Crippen molar-refractivity contribution in [1.29, 1.82) is 0 Å². The van der Waals surface area contributed by atoms with Crippen LogP contribution in [0.25, 0.3) is 0 Å². The van der Waals surface area contributed by atoms with E-state index in [1.54, 1.807) is 6.92 Å². The molecule has 0 aliphatic heterocycles.